The van der Waals surface area contributed by atoms with Crippen molar-refractivity contribution in [2.24, 2.45) is 5.92 Å². The maximum Gasteiger partial charge on any atom is 0.253 e. The summed E-state index contributed by atoms with van der Waals surface area (Å²) >= 11 is 0. The van der Waals surface area contributed by atoms with E-state index >= 15 is 0 Å². The van der Waals surface area contributed by atoms with Crippen LogP contribution in [0.3, 0.4) is 0 Å². The molecule has 2 fully saturated rings. The van der Waals surface area contributed by atoms with Crippen molar-refractivity contribution in [1.29, 1.82) is 0 Å². The number of carbonyl (C=O) groups excluding carboxylic acids is 2. The molecule has 6 heteroatoms. The Morgan fingerprint density at radius 1 is 1.07 bits per heavy atom. The highest BCUT2D eigenvalue weighted by atomic mass is 19.1. The van der Waals surface area contributed by atoms with Crippen molar-refractivity contribution in [3.8, 4) is 11.1 Å². The summed E-state index contributed by atoms with van der Waals surface area (Å²) in [4.78, 5) is 28.9. The molecule has 0 radical (unpaired) electrons. The maximum atomic E-state index is 13.4. The molecule has 0 N–H and O–H groups in total. The van der Waals surface area contributed by atoms with Crippen molar-refractivity contribution in [2.75, 3.05) is 33.4 Å². The minimum atomic E-state index is -0.321. The van der Waals surface area contributed by atoms with Crippen LogP contribution in [0.2, 0.25) is 0 Å². The lowest BCUT2D eigenvalue weighted by Crippen LogP contribution is -2.45. The number of nitrogens with zero attached hydrogens (tertiary/aromatic N) is 2. The molecule has 2 heterocycles. The monoisotopic (exact) mass is 368 g/mol. The van der Waals surface area contributed by atoms with E-state index in [9.17, 15) is 14.0 Å². The van der Waals surface area contributed by atoms with Gasteiger partial charge in [0.15, 0.2) is 0 Å². The summed E-state index contributed by atoms with van der Waals surface area (Å²) < 4.78 is 19.0. The van der Waals surface area contributed by atoms with Crippen LogP contribution in [0.5, 0.6) is 0 Å². The first kappa shape index (κ1) is 17.7. The highest BCUT2D eigenvalue weighted by molar-refractivity contribution is 5.95. The minimum Gasteiger partial charge on any atom is -0.378 e. The average Bonchev–Trinajstić information content (AvgIpc) is 2.86. The fourth-order valence-corrected chi connectivity index (χ4v) is 3.72. The number of carbonyl (C=O) groups is 2. The zero-order valence-electron chi connectivity index (χ0n) is 15.1. The molecule has 2 aliphatic heterocycles. The maximum absolute atomic E-state index is 13.4. The van der Waals surface area contributed by atoms with Crippen molar-refractivity contribution in [3.05, 3.63) is 59.9 Å². The number of likely N-dealkylation sites (N-methyl/N-ethyl adjacent to an activating group) is 1. The lowest BCUT2D eigenvalue weighted by molar-refractivity contribution is -0.133. The van der Waals surface area contributed by atoms with Crippen LogP contribution in [-0.4, -0.2) is 61.0 Å². The number of hydrogen-bond acceptors (Lipinski definition) is 3. The first-order valence-electron chi connectivity index (χ1n) is 9.02. The number of benzene rings is 2. The Balaban J connectivity index is 1.55. The molecule has 0 spiro atoms. The smallest absolute Gasteiger partial charge is 0.253 e. The van der Waals surface area contributed by atoms with Crippen molar-refractivity contribution in [1.82, 2.24) is 9.80 Å². The van der Waals surface area contributed by atoms with Crippen LogP contribution < -0.4 is 0 Å². The largest absolute Gasteiger partial charge is 0.378 e. The van der Waals surface area contributed by atoms with Gasteiger partial charge in [0.2, 0.25) is 5.91 Å². The van der Waals surface area contributed by atoms with Gasteiger partial charge in [-0.15, -0.1) is 0 Å². The van der Waals surface area contributed by atoms with Crippen LogP contribution in [0.15, 0.2) is 48.5 Å². The van der Waals surface area contributed by atoms with E-state index in [-0.39, 0.29) is 29.6 Å². The molecular weight excluding hydrogens is 347 g/mol. The molecule has 27 heavy (non-hydrogen) atoms. The van der Waals surface area contributed by atoms with Gasteiger partial charge in [0, 0.05) is 25.7 Å². The van der Waals surface area contributed by atoms with Crippen molar-refractivity contribution in [2.45, 2.75) is 6.04 Å². The first-order valence-corrected chi connectivity index (χ1v) is 9.02. The molecule has 2 atom stereocenters. The van der Waals surface area contributed by atoms with Gasteiger partial charge in [0.1, 0.15) is 5.82 Å². The first-order chi connectivity index (χ1) is 13.0. The third kappa shape index (κ3) is 3.45. The van der Waals surface area contributed by atoms with Gasteiger partial charge in [0.25, 0.3) is 5.91 Å². The topological polar surface area (TPSA) is 49.9 Å². The quantitative estimate of drug-likeness (QED) is 0.818. The Bertz CT molecular complexity index is 868. The molecule has 2 saturated heterocycles. The molecule has 4 rings (SSSR count). The Kier molecular flexibility index (Phi) is 4.66. The SMILES string of the molecule is CN1C(=O)[C@H]2COC[C@@H]1CN(C(=O)c1ccc(-c3cccc(F)c3)cc1)C2. The van der Waals surface area contributed by atoms with Crippen LogP contribution in [-0.2, 0) is 9.53 Å². The van der Waals surface area contributed by atoms with E-state index in [1.807, 2.05) is 18.2 Å². The Morgan fingerprint density at radius 2 is 1.85 bits per heavy atom. The summed E-state index contributed by atoms with van der Waals surface area (Å²) in [5.74, 6) is -0.673. The zero-order chi connectivity index (χ0) is 19.0. The summed E-state index contributed by atoms with van der Waals surface area (Å²) in [7, 11) is 1.77. The number of ether oxygens (including phenoxy) is 1. The van der Waals surface area contributed by atoms with Crippen LogP contribution >= 0.6 is 0 Å². The van der Waals surface area contributed by atoms with Gasteiger partial charge < -0.3 is 14.5 Å². The van der Waals surface area contributed by atoms with E-state index in [2.05, 4.69) is 0 Å². The normalized spacial score (nSPS) is 22.5. The van der Waals surface area contributed by atoms with Crippen molar-refractivity contribution in [3.63, 3.8) is 0 Å². The number of rotatable bonds is 2. The van der Waals surface area contributed by atoms with Crippen LogP contribution in [0.25, 0.3) is 11.1 Å². The van der Waals surface area contributed by atoms with Gasteiger partial charge >= 0.3 is 0 Å². The predicted octanol–water partition coefficient (Wildman–Crippen LogP) is 2.42. The molecule has 2 bridgehead atoms. The molecule has 2 aromatic carbocycles. The van der Waals surface area contributed by atoms with Crippen LogP contribution in [0, 0.1) is 11.7 Å². The second kappa shape index (κ2) is 7.12. The van der Waals surface area contributed by atoms with Gasteiger partial charge in [-0.25, -0.2) is 4.39 Å². The Hall–Kier alpha value is -2.73. The average molecular weight is 368 g/mol. The van der Waals surface area contributed by atoms with E-state index in [0.717, 1.165) is 11.1 Å². The molecule has 2 amide bonds. The molecular formula is C21H21FN2O3. The minimum absolute atomic E-state index is 0.0363. The Morgan fingerprint density at radius 3 is 2.59 bits per heavy atom. The molecule has 2 aromatic rings. The molecule has 0 aromatic heterocycles. The standard InChI is InChI=1S/C21H21FN2O3/c1-23-19-11-24(10-17(20(23)25)12-27-13-19)21(26)15-7-5-14(6-8-15)16-3-2-4-18(22)9-16/h2-9,17,19H,10-13H2,1H3/t17-,19+/m1/s1. The molecule has 140 valence electrons. The third-order valence-electron chi connectivity index (χ3n) is 5.32. The molecule has 5 nitrogen and oxygen atoms in total. The lowest BCUT2D eigenvalue weighted by Gasteiger charge is -2.29. The van der Waals surface area contributed by atoms with Crippen LogP contribution in [0.4, 0.5) is 4.39 Å². The fourth-order valence-electron chi connectivity index (χ4n) is 3.72. The van der Waals surface area contributed by atoms with Gasteiger partial charge in [-0.3, -0.25) is 9.59 Å². The summed E-state index contributed by atoms with van der Waals surface area (Å²) in [6.45, 7) is 1.62. The van der Waals surface area contributed by atoms with E-state index in [0.29, 0.717) is 31.9 Å². The van der Waals surface area contributed by atoms with E-state index in [4.69, 9.17) is 4.74 Å². The Labute approximate surface area is 157 Å². The number of amides is 2. The third-order valence-corrected chi connectivity index (χ3v) is 5.32. The highest BCUT2D eigenvalue weighted by Crippen LogP contribution is 2.24. The molecule has 0 saturated carbocycles. The van der Waals surface area contributed by atoms with Crippen LogP contribution in [0.1, 0.15) is 10.4 Å². The summed E-state index contributed by atoms with van der Waals surface area (Å²) in [5.41, 5.74) is 2.18. The second-order valence-corrected chi connectivity index (χ2v) is 7.14. The molecule has 2 aliphatic rings. The van der Waals surface area contributed by atoms with Gasteiger partial charge in [-0.05, 0) is 35.4 Å². The number of hydrogen-bond donors (Lipinski definition) is 0. The lowest BCUT2D eigenvalue weighted by atomic mass is 10.0. The van der Waals surface area contributed by atoms with Gasteiger partial charge in [-0.2, -0.15) is 0 Å². The van der Waals surface area contributed by atoms with E-state index in [1.165, 1.54) is 12.1 Å². The summed E-state index contributed by atoms with van der Waals surface area (Å²) in [5, 5.41) is 0. The van der Waals surface area contributed by atoms with E-state index < -0.39 is 0 Å². The molecule has 0 aliphatic carbocycles. The molecule has 0 unspecified atom stereocenters. The van der Waals surface area contributed by atoms with Crippen molar-refractivity contribution < 1.29 is 18.7 Å². The highest BCUT2D eigenvalue weighted by Gasteiger charge is 2.38. The second-order valence-electron chi connectivity index (χ2n) is 7.14. The number of fused-ring (bicyclic) bond motifs is 3. The summed E-state index contributed by atoms with van der Waals surface area (Å²) in [6.07, 6.45) is 0. The van der Waals surface area contributed by atoms with Gasteiger partial charge in [-0.1, -0.05) is 24.3 Å². The predicted molar refractivity (Wildman–Crippen MR) is 98.6 cm³/mol. The van der Waals surface area contributed by atoms with Gasteiger partial charge in [0.05, 0.1) is 25.2 Å². The zero-order valence-corrected chi connectivity index (χ0v) is 15.1. The number of halogens is 1. The van der Waals surface area contributed by atoms with E-state index in [1.54, 1.807) is 35.0 Å². The van der Waals surface area contributed by atoms with Crippen molar-refractivity contribution >= 4 is 11.8 Å². The summed E-state index contributed by atoms with van der Waals surface area (Å²) in [6, 6.07) is 13.4. The fraction of sp³-hybridized carbons (Fsp3) is 0.333.